The Morgan fingerprint density at radius 1 is 1.04 bits per heavy atom. The van der Waals surface area contributed by atoms with E-state index in [0.717, 1.165) is 49.1 Å². The Kier molecular flexibility index (Phi) is 5.96. The summed E-state index contributed by atoms with van der Waals surface area (Å²) in [5.74, 6) is 0.702. The van der Waals surface area contributed by atoms with E-state index in [1.54, 1.807) is 7.11 Å². The summed E-state index contributed by atoms with van der Waals surface area (Å²) in [5, 5.41) is 6.13. The number of amides is 1. The number of rotatable bonds is 6. The summed E-state index contributed by atoms with van der Waals surface area (Å²) >= 11 is 0. The molecule has 6 nitrogen and oxygen atoms in total. The lowest BCUT2D eigenvalue weighted by Gasteiger charge is -2.29. The highest BCUT2D eigenvalue weighted by atomic mass is 16.5. The van der Waals surface area contributed by atoms with E-state index >= 15 is 0 Å². The largest absolute Gasteiger partial charge is 0.497 e. The third kappa shape index (κ3) is 4.67. The van der Waals surface area contributed by atoms with Crippen LogP contribution in [-0.2, 0) is 9.53 Å². The molecule has 0 radical (unpaired) electrons. The van der Waals surface area contributed by atoms with Gasteiger partial charge in [0.1, 0.15) is 11.8 Å². The number of methoxy groups -OCH3 is 1. The Bertz CT molecular complexity index is 710. The monoisotopic (exact) mass is 355 g/mol. The van der Waals surface area contributed by atoms with E-state index in [9.17, 15) is 4.79 Å². The number of nitrogens with zero attached hydrogens (tertiary/aromatic N) is 1. The predicted octanol–water partition coefficient (Wildman–Crippen LogP) is 2.97. The van der Waals surface area contributed by atoms with Crippen molar-refractivity contribution >= 4 is 23.0 Å². The average molecular weight is 355 g/mol. The van der Waals surface area contributed by atoms with Gasteiger partial charge in [-0.3, -0.25) is 4.79 Å². The maximum absolute atomic E-state index is 12.4. The van der Waals surface area contributed by atoms with Crippen molar-refractivity contribution in [2.24, 2.45) is 0 Å². The number of carbonyl (C=O) groups excluding carboxylic acids is 1. The van der Waals surface area contributed by atoms with Crippen LogP contribution in [0.25, 0.3) is 0 Å². The summed E-state index contributed by atoms with van der Waals surface area (Å²) in [6.45, 7) is 5.14. The number of morpholine rings is 1. The molecule has 3 rings (SSSR count). The zero-order valence-corrected chi connectivity index (χ0v) is 15.2. The van der Waals surface area contributed by atoms with E-state index in [4.69, 9.17) is 9.47 Å². The van der Waals surface area contributed by atoms with Crippen molar-refractivity contribution in [2.45, 2.75) is 13.0 Å². The fourth-order valence-corrected chi connectivity index (χ4v) is 2.83. The second kappa shape index (κ2) is 8.58. The van der Waals surface area contributed by atoms with Crippen molar-refractivity contribution in [2.75, 3.05) is 48.9 Å². The van der Waals surface area contributed by atoms with Gasteiger partial charge in [-0.2, -0.15) is 0 Å². The Balaban J connectivity index is 1.54. The Hall–Kier alpha value is -2.73. The minimum absolute atomic E-state index is 0.0834. The highest BCUT2D eigenvalue weighted by molar-refractivity contribution is 5.96. The lowest BCUT2D eigenvalue weighted by atomic mass is 10.2. The van der Waals surface area contributed by atoms with Gasteiger partial charge in [0.25, 0.3) is 0 Å². The van der Waals surface area contributed by atoms with E-state index in [1.165, 1.54) is 0 Å². The van der Waals surface area contributed by atoms with Crippen molar-refractivity contribution in [1.82, 2.24) is 0 Å². The van der Waals surface area contributed by atoms with E-state index in [2.05, 4.69) is 15.5 Å². The van der Waals surface area contributed by atoms with Gasteiger partial charge in [0, 0.05) is 30.2 Å². The Morgan fingerprint density at radius 3 is 2.27 bits per heavy atom. The number of hydrogen-bond acceptors (Lipinski definition) is 5. The molecule has 2 N–H and O–H groups in total. The third-order valence-corrected chi connectivity index (χ3v) is 4.38. The zero-order chi connectivity index (χ0) is 18.4. The van der Waals surface area contributed by atoms with Crippen LogP contribution in [0.1, 0.15) is 6.92 Å². The smallest absolute Gasteiger partial charge is 0.246 e. The molecule has 1 fully saturated rings. The molecule has 138 valence electrons. The van der Waals surface area contributed by atoms with Gasteiger partial charge in [0.2, 0.25) is 5.91 Å². The quantitative estimate of drug-likeness (QED) is 0.834. The first-order chi connectivity index (χ1) is 12.7. The van der Waals surface area contributed by atoms with Crippen molar-refractivity contribution in [3.63, 3.8) is 0 Å². The van der Waals surface area contributed by atoms with Crippen LogP contribution in [0.3, 0.4) is 0 Å². The summed E-state index contributed by atoms with van der Waals surface area (Å²) in [7, 11) is 1.63. The van der Waals surface area contributed by atoms with E-state index in [-0.39, 0.29) is 11.9 Å². The highest BCUT2D eigenvalue weighted by Gasteiger charge is 2.14. The number of nitrogens with one attached hydrogen (secondary N) is 2. The molecule has 0 aromatic heterocycles. The van der Waals surface area contributed by atoms with Crippen LogP contribution in [0.5, 0.6) is 5.75 Å². The van der Waals surface area contributed by atoms with Crippen LogP contribution in [-0.4, -0.2) is 45.4 Å². The molecule has 0 saturated carbocycles. The fourth-order valence-electron chi connectivity index (χ4n) is 2.83. The van der Waals surface area contributed by atoms with E-state index < -0.39 is 0 Å². The summed E-state index contributed by atoms with van der Waals surface area (Å²) in [5.41, 5.74) is 2.81. The molecule has 1 saturated heterocycles. The molecule has 0 bridgehead atoms. The average Bonchev–Trinajstić information content (AvgIpc) is 2.70. The van der Waals surface area contributed by atoms with Crippen LogP contribution < -0.4 is 20.3 Å². The molecule has 26 heavy (non-hydrogen) atoms. The molecule has 6 heteroatoms. The van der Waals surface area contributed by atoms with Crippen molar-refractivity contribution in [1.29, 1.82) is 0 Å². The summed E-state index contributed by atoms with van der Waals surface area (Å²) < 4.78 is 10.5. The molecule has 1 aliphatic heterocycles. The third-order valence-electron chi connectivity index (χ3n) is 4.38. The Labute approximate surface area is 154 Å². The van der Waals surface area contributed by atoms with Crippen molar-refractivity contribution < 1.29 is 14.3 Å². The van der Waals surface area contributed by atoms with Gasteiger partial charge in [-0.05, 0) is 55.5 Å². The van der Waals surface area contributed by atoms with Gasteiger partial charge in [-0.15, -0.1) is 0 Å². The van der Waals surface area contributed by atoms with E-state index in [1.807, 2.05) is 55.5 Å². The summed E-state index contributed by atoms with van der Waals surface area (Å²) in [4.78, 5) is 14.7. The molecular weight excluding hydrogens is 330 g/mol. The SMILES string of the molecule is COc1ccc(NC(C)C(=O)Nc2ccc(N3CCOCC3)cc2)cc1. The van der Waals surface area contributed by atoms with Crippen LogP contribution in [0.2, 0.25) is 0 Å². The molecule has 0 spiro atoms. The minimum Gasteiger partial charge on any atom is -0.497 e. The summed E-state index contributed by atoms with van der Waals surface area (Å²) in [6, 6.07) is 15.1. The molecule has 1 amide bonds. The van der Waals surface area contributed by atoms with Gasteiger partial charge in [0.05, 0.1) is 20.3 Å². The van der Waals surface area contributed by atoms with Crippen molar-refractivity contribution in [3.05, 3.63) is 48.5 Å². The highest BCUT2D eigenvalue weighted by Crippen LogP contribution is 2.20. The van der Waals surface area contributed by atoms with Gasteiger partial charge in [0.15, 0.2) is 0 Å². The molecule has 1 aliphatic rings. The maximum Gasteiger partial charge on any atom is 0.246 e. The van der Waals surface area contributed by atoms with Crippen LogP contribution >= 0.6 is 0 Å². The summed E-state index contributed by atoms with van der Waals surface area (Å²) in [6.07, 6.45) is 0. The van der Waals surface area contributed by atoms with Gasteiger partial charge in [-0.1, -0.05) is 0 Å². The van der Waals surface area contributed by atoms with Gasteiger partial charge >= 0.3 is 0 Å². The molecule has 1 unspecified atom stereocenters. The standard InChI is InChI=1S/C20H25N3O3/c1-15(21-16-5-9-19(25-2)10-6-16)20(24)22-17-3-7-18(8-4-17)23-11-13-26-14-12-23/h3-10,15,21H,11-14H2,1-2H3,(H,22,24). The van der Waals surface area contributed by atoms with Crippen LogP contribution in [0.4, 0.5) is 17.1 Å². The first-order valence-corrected chi connectivity index (χ1v) is 8.80. The molecule has 2 aromatic carbocycles. The van der Waals surface area contributed by atoms with Crippen molar-refractivity contribution in [3.8, 4) is 5.75 Å². The normalized spacial score (nSPS) is 15.2. The maximum atomic E-state index is 12.4. The topological polar surface area (TPSA) is 62.8 Å². The zero-order valence-electron chi connectivity index (χ0n) is 15.2. The molecular formula is C20H25N3O3. The second-order valence-electron chi connectivity index (χ2n) is 6.23. The fraction of sp³-hybridized carbons (Fsp3) is 0.350. The molecule has 2 aromatic rings. The Morgan fingerprint density at radius 2 is 1.65 bits per heavy atom. The van der Waals surface area contributed by atoms with E-state index in [0.29, 0.717) is 0 Å². The first kappa shape index (κ1) is 18.1. The number of hydrogen-bond donors (Lipinski definition) is 2. The van der Waals surface area contributed by atoms with Gasteiger partial charge in [-0.25, -0.2) is 0 Å². The molecule has 1 heterocycles. The predicted molar refractivity (Wildman–Crippen MR) is 104 cm³/mol. The first-order valence-electron chi connectivity index (χ1n) is 8.80. The number of ether oxygens (including phenoxy) is 2. The number of carbonyl (C=O) groups is 1. The second-order valence-corrected chi connectivity index (χ2v) is 6.23. The number of benzene rings is 2. The lowest BCUT2D eigenvalue weighted by molar-refractivity contribution is -0.116. The minimum atomic E-state index is -0.359. The lowest BCUT2D eigenvalue weighted by Crippen LogP contribution is -2.36. The molecule has 1 atom stereocenters. The van der Waals surface area contributed by atoms with Crippen LogP contribution in [0, 0.1) is 0 Å². The molecule has 0 aliphatic carbocycles. The van der Waals surface area contributed by atoms with Crippen LogP contribution in [0.15, 0.2) is 48.5 Å². The number of anilines is 3. The van der Waals surface area contributed by atoms with Gasteiger partial charge < -0.3 is 25.0 Å².